The molecule has 8 heteroatoms. The van der Waals surface area contributed by atoms with Gasteiger partial charge in [-0.1, -0.05) is 25.1 Å². The maximum atomic E-state index is 13.2. The minimum atomic E-state index is -0.356. The van der Waals surface area contributed by atoms with Crippen molar-refractivity contribution in [1.82, 2.24) is 9.55 Å². The maximum Gasteiger partial charge on any atom is 0.257 e. The van der Waals surface area contributed by atoms with Gasteiger partial charge in [-0.05, 0) is 55.7 Å². The van der Waals surface area contributed by atoms with Crippen LogP contribution in [0.5, 0.6) is 11.5 Å². The minimum absolute atomic E-state index is 0.000329. The van der Waals surface area contributed by atoms with E-state index in [1.54, 1.807) is 38.3 Å². The zero-order valence-electron chi connectivity index (χ0n) is 20.1. The first-order valence-corrected chi connectivity index (χ1v) is 11.2. The van der Waals surface area contributed by atoms with Crippen LogP contribution < -0.4 is 20.3 Å². The number of aromatic nitrogens is 2. The Morgan fingerprint density at radius 1 is 1.12 bits per heavy atom. The molecule has 0 saturated carbocycles. The van der Waals surface area contributed by atoms with Crippen LogP contribution in [0.1, 0.15) is 35.1 Å². The molecular formula is C26H31N3O5. The number of aryl methyl sites for hydroxylation is 3. The molecule has 1 heterocycles. The lowest BCUT2D eigenvalue weighted by molar-refractivity contribution is -0.116. The van der Waals surface area contributed by atoms with Crippen LogP contribution >= 0.6 is 0 Å². The number of benzene rings is 2. The molecule has 3 aromatic rings. The van der Waals surface area contributed by atoms with E-state index in [-0.39, 0.29) is 37.6 Å². The first-order valence-electron chi connectivity index (χ1n) is 11.2. The number of hydrogen-bond donors (Lipinski definition) is 2. The Kier molecular flexibility index (Phi) is 8.43. The van der Waals surface area contributed by atoms with Crippen molar-refractivity contribution < 1.29 is 19.4 Å². The molecule has 3 rings (SSSR count). The van der Waals surface area contributed by atoms with E-state index in [0.717, 1.165) is 23.2 Å². The van der Waals surface area contributed by atoms with Gasteiger partial charge < -0.3 is 19.9 Å². The van der Waals surface area contributed by atoms with Gasteiger partial charge in [-0.2, -0.15) is 0 Å². The molecule has 0 fully saturated rings. The summed E-state index contributed by atoms with van der Waals surface area (Å²) >= 11 is 0. The number of aliphatic hydroxyl groups is 1. The summed E-state index contributed by atoms with van der Waals surface area (Å²) in [6.45, 7) is 5.27. The van der Waals surface area contributed by atoms with Crippen molar-refractivity contribution in [2.24, 2.45) is 0 Å². The number of nitrogens with one attached hydrogen (secondary N) is 1. The molecule has 0 aliphatic carbocycles. The molecule has 0 saturated heterocycles. The summed E-state index contributed by atoms with van der Waals surface area (Å²) < 4.78 is 12.3. The molecule has 0 spiro atoms. The Morgan fingerprint density at radius 3 is 2.47 bits per heavy atom. The number of carbonyl (C=O) groups excluding carboxylic acids is 1. The van der Waals surface area contributed by atoms with Crippen LogP contribution in [-0.4, -0.2) is 34.3 Å². The summed E-state index contributed by atoms with van der Waals surface area (Å²) in [7, 11) is 1.58. The topological polar surface area (TPSA) is 103 Å². The second-order valence-corrected chi connectivity index (χ2v) is 7.93. The second-order valence-electron chi connectivity index (χ2n) is 7.93. The number of anilines is 1. The zero-order chi connectivity index (χ0) is 24.7. The molecule has 34 heavy (non-hydrogen) atoms. The molecule has 0 aliphatic heterocycles. The van der Waals surface area contributed by atoms with E-state index in [1.807, 2.05) is 32.0 Å². The van der Waals surface area contributed by atoms with Crippen LogP contribution in [0.2, 0.25) is 0 Å². The first kappa shape index (κ1) is 25.0. The lowest BCUT2D eigenvalue weighted by Crippen LogP contribution is -2.35. The van der Waals surface area contributed by atoms with E-state index in [9.17, 15) is 14.7 Å². The van der Waals surface area contributed by atoms with Gasteiger partial charge in [0.1, 0.15) is 30.5 Å². The highest BCUT2D eigenvalue weighted by Gasteiger charge is 2.18. The van der Waals surface area contributed by atoms with Crippen LogP contribution in [0, 0.1) is 13.8 Å². The number of ether oxygens (including phenoxy) is 2. The summed E-state index contributed by atoms with van der Waals surface area (Å²) in [5.74, 6) is 1.27. The molecule has 0 atom stereocenters. The Hall–Kier alpha value is -3.65. The molecule has 1 aromatic heterocycles. The fraction of sp³-hybridized carbons (Fsp3) is 0.346. The van der Waals surface area contributed by atoms with Gasteiger partial charge in [0.05, 0.1) is 7.11 Å². The zero-order valence-corrected chi connectivity index (χ0v) is 20.1. The molecular weight excluding hydrogens is 434 g/mol. The number of rotatable bonds is 10. The van der Waals surface area contributed by atoms with Crippen LogP contribution in [0.4, 0.5) is 5.69 Å². The van der Waals surface area contributed by atoms with E-state index < -0.39 is 0 Å². The number of hydrogen-bond acceptors (Lipinski definition) is 6. The predicted octanol–water partition coefficient (Wildman–Crippen LogP) is 3.18. The Morgan fingerprint density at radius 2 is 1.82 bits per heavy atom. The summed E-state index contributed by atoms with van der Waals surface area (Å²) in [5.41, 5.74) is 3.27. The maximum absolute atomic E-state index is 13.2. The highest BCUT2D eigenvalue weighted by Crippen LogP contribution is 2.21. The monoisotopic (exact) mass is 465 g/mol. The van der Waals surface area contributed by atoms with Crippen molar-refractivity contribution >= 4 is 11.6 Å². The minimum Gasteiger partial charge on any atom is -0.497 e. The smallest absolute Gasteiger partial charge is 0.257 e. The molecule has 0 radical (unpaired) electrons. The highest BCUT2D eigenvalue weighted by molar-refractivity contribution is 5.92. The van der Waals surface area contributed by atoms with Gasteiger partial charge in [-0.3, -0.25) is 14.2 Å². The van der Waals surface area contributed by atoms with E-state index in [1.165, 1.54) is 4.57 Å². The van der Waals surface area contributed by atoms with Crippen molar-refractivity contribution in [2.45, 2.75) is 46.8 Å². The SMILES string of the molecule is CCc1cccc(C)c1NC(=O)Cn1c(COc2ccc(OC)cc2)nc(C)c(CCO)c1=O. The lowest BCUT2D eigenvalue weighted by atomic mass is 10.1. The number of carbonyl (C=O) groups is 1. The molecule has 2 N–H and O–H groups in total. The van der Waals surface area contributed by atoms with Gasteiger partial charge in [0.15, 0.2) is 0 Å². The summed E-state index contributed by atoms with van der Waals surface area (Å²) in [6.07, 6.45) is 0.932. The van der Waals surface area contributed by atoms with Crippen LogP contribution in [0.15, 0.2) is 47.3 Å². The predicted molar refractivity (Wildman–Crippen MR) is 131 cm³/mol. The van der Waals surface area contributed by atoms with Crippen LogP contribution in [0.25, 0.3) is 0 Å². The fourth-order valence-electron chi connectivity index (χ4n) is 3.77. The molecule has 0 unspecified atom stereocenters. The molecule has 1 amide bonds. The van der Waals surface area contributed by atoms with Crippen molar-refractivity contribution in [3.8, 4) is 11.5 Å². The van der Waals surface area contributed by atoms with E-state index >= 15 is 0 Å². The summed E-state index contributed by atoms with van der Waals surface area (Å²) in [5, 5.41) is 12.4. The average Bonchev–Trinajstić information content (AvgIpc) is 2.84. The van der Waals surface area contributed by atoms with Crippen molar-refractivity contribution in [3.05, 3.63) is 81.0 Å². The lowest BCUT2D eigenvalue weighted by Gasteiger charge is -2.17. The second kappa shape index (κ2) is 11.5. The van der Waals surface area contributed by atoms with Gasteiger partial charge in [0.2, 0.25) is 5.91 Å². The van der Waals surface area contributed by atoms with Crippen LogP contribution in [-0.2, 0) is 30.8 Å². The average molecular weight is 466 g/mol. The van der Waals surface area contributed by atoms with E-state index in [4.69, 9.17) is 9.47 Å². The number of nitrogens with zero attached hydrogens (tertiary/aromatic N) is 2. The van der Waals surface area contributed by atoms with Crippen LogP contribution in [0.3, 0.4) is 0 Å². The molecule has 8 nitrogen and oxygen atoms in total. The fourth-order valence-corrected chi connectivity index (χ4v) is 3.77. The Labute approximate surface area is 199 Å². The summed E-state index contributed by atoms with van der Waals surface area (Å²) in [6, 6.07) is 12.9. The molecule has 2 aromatic carbocycles. The molecule has 0 aliphatic rings. The third kappa shape index (κ3) is 5.82. The Bertz CT molecular complexity index is 1200. The third-order valence-electron chi connectivity index (χ3n) is 5.64. The summed E-state index contributed by atoms with van der Waals surface area (Å²) in [4.78, 5) is 30.8. The number of para-hydroxylation sites is 1. The van der Waals surface area contributed by atoms with Gasteiger partial charge >= 0.3 is 0 Å². The van der Waals surface area contributed by atoms with Gasteiger partial charge in [-0.25, -0.2) is 4.98 Å². The standard InChI is InChI=1S/C26H31N3O5/c1-5-19-8-6-7-17(2)25(19)28-24(31)15-29-23(27-18(3)22(13-14-30)26(29)32)16-34-21-11-9-20(33-4)10-12-21/h6-12,30H,5,13-16H2,1-4H3,(H,28,31). The number of aliphatic hydroxyl groups excluding tert-OH is 1. The van der Waals surface area contributed by atoms with Crippen molar-refractivity contribution in [1.29, 1.82) is 0 Å². The normalized spacial score (nSPS) is 10.7. The third-order valence-corrected chi connectivity index (χ3v) is 5.64. The van der Waals surface area contributed by atoms with E-state index in [2.05, 4.69) is 10.3 Å². The quantitative estimate of drug-likeness (QED) is 0.477. The van der Waals surface area contributed by atoms with Gasteiger partial charge in [0, 0.05) is 30.0 Å². The number of amides is 1. The Balaban J connectivity index is 1.89. The van der Waals surface area contributed by atoms with Crippen molar-refractivity contribution in [3.63, 3.8) is 0 Å². The van der Waals surface area contributed by atoms with Gasteiger partial charge in [-0.15, -0.1) is 0 Å². The highest BCUT2D eigenvalue weighted by atomic mass is 16.5. The molecule has 180 valence electrons. The largest absolute Gasteiger partial charge is 0.497 e. The first-order chi connectivity index (χ1) is 16.4. The van der Waals surface area contributed by atoms with Crippen molar-refractivity contribution in [2.75, 3.05) is 19.0 Å². The molecule has 0 bridgehead atoms. The van der Waals surface area contributed by atoms with Gasteiger partial charge in [0.25, 0.3) is 5.56 Å². The van der Waals surface area contributed by atoms with E-state index in [0.29, 0.717) is 28.6 Å². The number of methoxy groups -OCH3 is 1.